The molecule has 2 N–H and O–H groups in total. The van der Waals surface area contributed by atoms with Gasteiger partial charge >= 0.3 is 0 Å². The number of fused-ring (bicyclic) bond motifs is 2. The highest BCUT2D eigenvalue weighted by Crippen LogP contribution is 2.38. The second-order valence-corrected chi connectivity index (χ2v) is 8.66. The van der Waals surface area contributed by atoms with Crippen LogP contribution in [0.4, 0.5) is 5.82 Å². The molecule has 2 aliphatic heterocycles. The SMILES string of the molecule is Cc1cc(N2CCC[C@]3(CNCC[C@@H]3O)C2)nc2cc3c(cc12)CCC3.Cl.Cl. The fourth-order valence-corrected chi connectivity index (χ4v) is 5.38. The molecule has 0 bridgehead atoms. The maximum absolute atomic E-state index is 10.7. The first-order valence-electron chi connectivity index (χ1n) is 10.2. The molecule has 0 saturated carbocycles. The summed E-state index contributed by atoms with van der Waals surface area (Å²) in [5.41, 5.74) is 5.45. The first-order chi connectivity index (χ1) is 12.6. The molecule has 2 fully saturated rings. The number of anilines is 1. The lowest BCUT2D eigenvalue weighted by molar-refractivity contribution is -0.0102. The maximum atomic E-state index is 10.7. The Labute approximate surface area is 179 Å². The van der Waals surface area contributed by atoms with Crippen LogP contribution in [0.3, 0.4) is 0 Å². The van der Waals surface area contributed by atoms with Crippen LogP contribution in [0.1, 0.15) is 42.4 Å². The molecule has 6 heteroatoms. The Morgan fingerprint density at radius 2 is 1.93 bits per heavy atom. The average molecular weight is 424 g/mol. The van der Waals surface area contributed by atoms with Crippen molar-refractivity contribution < 1.29 is 5.11 Å². The van der Waals surface area contributed by atoms with Crippen molar-refractivity contribution in [1.29, 1.82) is 0 Å². The highest BCUT2D eigenvalue weighted by Gasteiger charge is 2.43. The van der Waals surface area contributed by atoms with E-state index in [-0.39, 0.29) is 36.3 Å². The number of rotatable bonds is 1. The minimum absolute atomic E-state index is 0. The summed E-state index contributed by atoms with van der Waals surface area (Å²) in [5, 5.41) is 15.5. The number of halogens is 2. The molecule has 4 nitrogen and oxygen atoms in total. The van der Waals surface area contributed by atoms with Crippen LogP contribution in [0.15, 0.2) is 18.2 Å². The number of aliphatic hydroxyl groups excluding tert-OH is 1. The molecule has 0 radical (unpaired) electrons. The number of nitrogens with one attached hydrogen (secondary N) is 1. The number of piperidine rings is 2. The summed E-state index contributed by atoms with van der Waals surface area (Å²) in [7, 11) is 0. The molecule has 2 aromatic rings. The first kappa shape index (κ1) is 21.6. The molecule has 154 valence electrons. The van der Waals surface area contributed by atoms with Gasteiger partial charge in [0, 0.05) is 30.4 Å². The van der Waals surface area contributed by atoms with E-state index in [1.165, 1.54) is 41.3 Å². The fraction of sp³-hybridized carbons (Fsp3) is 0.591. The molecular formula is C22H31Cl2N3O. The Bertz CT molecular complexity index is 855. The van der Waals surface area contributed by atoms with Crippen LogP contribution < -0.4 is 10.2 Å². The molecule has 2 atom stereocenters. The normalized spacial score (nSPS) is 26.6. The molecule has 5 rings (SSSR count). The minimum atomic E-state index is -0.198. The molecule has 1 aromatic heterocycles. The second-order valence-electron chi connectivity index (χ2n) is 8.66. The van der Waals surface area contributed by atoms with Crippen LogP contribution in [0.5, 0.6) is 0 Å². The van der Waals surface area contributed by atoms with Gasteiger partial charge in [0.05, 0.1) is 11.6 Å². The van der Waals surface area contributed by atoms with Gasteiger partial charge in [-0.15, -0.1) is 24.8 Å². The van der Waals surface area contributed by atoms with E-state index in [2.05, 4.69) is 35.3 Å². The first-order valence-corrected chi connectivity index (χ1v) is 10.2. The van der Waals surface area contributed by atoms with Crippen molar-refractivity contribution in [2.45, 2.75) is 51.6 Å². The third-order valence-corrected chi connectivity index (χ3v) is 6.93. The molecule has 1 aromatic carbocycles. The van der Waals surface area contributed by atoms with E-state index in [0.717, 1.165) is 56.8 Å². The van der Waals surface area contributed by atoms with Crippen LogP contribution in [0.25, 0.3) is 10.9 Å². The van der Waals surface area contributed by atoms with Gasteiger partial charge in [0.1, 0.15) is 5.82 Å². The standard InChI is InChI=1S/C22H29N3O.2ClH/c1-15-10-21(24-19-12-17-5-2-4-16(17)11-18(15)19)25-9-3-7-22(14-25)13-23-8-6-20(22)26;;/h10-12,20,23,26H,2-9,13-14H2,1H3;2*1H/t20-,22-;;/m0../s1. The van der Waals surface area contributed by atoms with Crippen molar-refractivity contribution in [1.82, 2.24) is 10.3 Å². The lowest BCUT2D eigenvalue weighted by Gasteiger charge is -2.48. The van der Waals surface area contributed by atoms with Gasteiger partial charge in [-0.1, -0.05) is 0 Å². The summed E-state index contributed by atoms with van der Waals surface area (Å²) < 4.78 is 0. The number of pyridine rings is 1. The molecule has 3 heterocycles. The van der Waals surface area contributed by atoms with Gasteiger partial charge in [-0.05, 0) is 86.9 Å². The van der Waals surface area contributed by atoms with Crippen molar-refractivity contribution in [3.05, 3.63) is 34.9 Å². The van der Waals surface area contributed by atoms with Crippen molar-refractivity contribution in [3.63, 3.8) is 0 Å². The predicted octanol–water partition coefficient (Wildman–Crippen LogP) is 3.82. The van der Waals surface area contributed by atoms with Crippen molar-refractivity contribution in [2.24, 2.45) is 5.41 Å². The molecule has 28 heavy (non-hydrogen) atoms. The number of aliphatic hydroxyl groups is 1. The Morgan fingerprint density at radius 1 is 1.14 bits per heavy atom. The van der Waals surface area contributed by atoms with Crippen molar-refractivity contribution >= 4 is 41.5 Å². The monoisotopic (exact) mass is 423 g/mol. The van der Waals surface area contributed by atoms with Crippen LogP contribution >= 0.6 is 24.8 Å². The lowest BCUT2D eigenvalue weighted by Crippen LogP contribution is -2.58. The zero-order chi connectivity index (χ0) is 17.7. The van der Waals surface area contributed by atoms with E-state index in [9.17, 15) is 5.11 Å². The highest BCUT2D eigenvalue weighted by molar-refractivity contribution is 5.86. The Morgan fingerprint density at radius 3 is 2.71 bits per heavy atom. The number of benzene rings is 1. The summed E-state index contributed by atoms with van der Waals surface area (Å²) in [6, 6.07) is 6.95. The number of hydrogen-bond acceptors (Lipinski definition) is 4. The maximum Gasteiger partial charge on any atom is 0.129 e. The van der Waals surface area contributed by atoms with Gasteiger partial charge in [0.15, 0.2) is 0 Å². The van der Waals surface area contributed by atoms with E-state index >= 15 is 0 Å². The van der Waals surface area contributed by atoms with Crippen LogP contribution in [-0.2, 0) is 12.8 Å². The van der Waals surface area contributed by atoms with Crippen LogP contribution in [0, 0.1) is 12.3 Å². The van der Waals surface area contributed by atoms with Crippen LogP contribution in [-0.4, -0.2) is 42.4 Å². The van der Waals surface area contributed by atoms with E-state index in [0.29, 0.717) is 0 Å². The summed E-state index contributed by atoms with van der Waals surface area (Å²) in [6.45, 7) is 6.01. The Balaban J connectivity index is 0.00000112. The van der Waals surface area contributed by atoms with E-state index in [1.54, 1.807) is 0 Å². The second kappa shape index (κ2) is 8.35. The summed E-state index contributed by atoms with van der Waals surface area (Å²) in [5.74, 6) is 1.09. The summed E-state index contributed by atoms with van der Waals surface area (Å²) in [6.07, 6.45) is 6.59. The van der Waals surface area contributed by atoms with E-state index < -0.39 is 0 Å². The predicted molar refractivity (Wildman–Crippen MR) is 120 cm³/mol. The lowest BCUT2D eigenvalue weighted by atomic mass is 9.72. The Kier molecular flexibility index (Phi) is 6.45. The topological polar surface area (TPSA) is 48.4 Å². The van der Waals surface area contributed by atoms with E-state index in [1.807, 2.05) is 0 Å². The fourth-order valence-electron chi connectivity index (χ4n) is 5.38. The number of aryl methyl sites for hydroxylation is 3. The van der Waals surface area contributed by atoms with Gasteiger partial charge in [0.2, 0.25) is 0 Å². The molecular weight excluding hydrogens is 393 g/mol. The third kappa shape index (κ3) is 3.60. The number of hydrogen-bond donors (Lipinski definition) is 2. The largest absolute Gasteiger partial charge is 0.392 e. The molecule has 0 amide bonds. The van der Waals surface area contributed by atoms with Gasteiger partial charge < -0.3 is 15.3 Å². The number of aromatic nitrogens is 1. The molecule has 0 unspecified atom stereocenters. The van der Waals surface area contributed by atoms with Crippen molar-refractivity contribution in [3.8, 4) is 0 Å². The third-order valence-electron chi connectivity index (χ3n) is 6.93. The Hall–Kier alpha value is -1.07. The zero-order valence-corrected chi connectivity index (χ0v) is 18.2. The van der Waals surface area contributed by atoms with Crippen molar-refractivity contribution in [2.75, 3.05) is 31.1 Å². The summed E-state index contributed by atoms with van der Waals surface area (Å²) >= 11 is 0. The van der Waals surface area contributed by atoms with Gasteiger partial charge in [-0.3, -0.25) is 0 Å². The average Bonchev–Trinajstić information content (AvgIpc) is 3.10. The van der Waals surface area contributed by atoms with E-state index in [4.69, 9.17) is 4.98 Å². The number of nitrogens with zero attached hydrogens (tertiary/aromatic N) is 2. The molecule has 1 aliphatic carbocycles. The summed E-state index contributed by atoms with van der Waals surface area (Å²) in [4.78, 5) is 7.48. The minimum Gasteiger partial charge on any atom is -0.392 e. The van der Waals surface area contributed by atoms with Gasteiger partial charge in [0.25, 0.3) is 0 Å². The quantitative estimate of drug-likeness (QED) is 0.731. The highest BCUT2D eigenvalue weighted by atomic mass is 35.5. The molecule has 3 aliphatic rings. The molecule has 1 spiro atoms. The zero-order valence-electron chi connectivity index (χ0n) is 16.5. The van der Waals surface area contributed by atoms with Gasteiger partial charge in [-0.25, -0.2) is 4.98 Å². The van der Waals surface area contributed by atoms with Crippen LogP contribution in [0.2, 0.25) is 0 Å². The smallest absolute Gasteiger partial charge is 0.129 e. The van der Waals surface area contributed by atoms with Gasteiger partial charge in [-0.2, -0.15) is 0 Å². The molecule has 2 saturated heterocycles.